The highest BCUT2D eigenvalue weighted by molar-refractivity contribution is 5.95. The Morgan fingerprint density at radius 2 is 1.85 bits per heavy atom. The Balaban J connectivity index is 1.41. The van der Waals surface area contributed by atoms with Crippen LogP contribution in [-0.4, -0.2) is 36.0 Å². The molecule has 0 aliphatic carbocycles. The molecule has 2 aliphatic rings. The van der Waals surface area contributed by atoms with Crippen molar-refractivity contribution < 1.29 is 9.59 Å². The van der Waals surface area contributed by atoms with Crippen LogP contribution in [0.3, 0.4) is 0 Å². The lowest BCUT2D eigenvalue weighted by Crippen LogP contribution is -2.45. The first-order chi connectivity index (χ1) is 12.6. The van der Waals surface area contributed by atoms with E-state index in [1.165, 1.54) is 5.56 Å². The van der Waals surface area contributed by atoms with Crippen molar-refractivity contribution >= 4 is 17.6 Å². The van der Waals surface area contributed by atoms with Gasteiger partial charge in [0.15, 0.2) is 0 Å². The second-order valence-electron chi connectivity index (χ2n) is 7.01. The summed E-state index contributed by atoms with van der Waals surface area (Å²) in [6.45, 7) is 3.28. The number of carbonyl (C=O) groups is 2. The van der Waals surface area contributed by atoms with Crippen molar-refractivity contribution in [3.63, 3.8) is 0 Å². The van der Waals surface area contributed by atoms with E-state index in [2.05, 4.69) is 11.4 Å². The fraction of sp³-hybridized carbons (Fsp3) is 0.333. The van der Waals surface area contributed by atoms with Crippen LogP contribution < -0.4 is 10.2 Å². The quantitative estimate of drug-likeness (QED) is 0.926. The fourth-order valence-electron chi connectivity index (χ4n) is 3.92. The minimum atomic E-state index is -0.145. The average Bonchev–Trinajstić information content (AvgIpc) is 3.25. The third kappa shape index (κ3) is 3.05. The summed E-state index contributed by atoms with van der Waals surface area (Å²) in [5.74, 6) is 0.0912. The number of nitrogens with one attached hydrogen (secondary N) is 1. The molecule has 0 bridgehead atoms. The number of fused-ring (bicyclic) bond motifs is 1. The first kappa shape index (κ1) is 16.6. The van der Waals surface area contributed by atoms with Crippen LogP contribution in [0, 0.1) is 0 Å². The van der Waals surface area contributed by atoms with Gasteiger partial charge in [0.1, 0.15) is 0 Å². The Kier molecular flexibility index (Phi) is 4.37. The predicted octanol–water partition coefficient (Wildman–Crippen LogP) is 3.12. The first-order valence-electron chi connectivity index (χ1n) is 9.14. The van der Waals surface area contributed by atoms with E-state index in [-0.39, 0.29) is 24.0 Å². The molecule has 0 saturated carbocycles. The monoisotopic (exact) mass is 349 g/mol. The molecule has 3 amide bonds. The van der Waals surface area contributed by atoms with E-state index in [1.807, 2.05) is 60.4 Å². The molecule has 134 valence electrons. The summed E-state index contributed by atoms with van der Waals surface area (Å²) < 4.78 is 0. The number of amides is 3. The maximum absolute atomic E-state index is 12.7. The molecule has 26 heavy (non-hydrogen) atoms. The number of likely N-dealkylation sites (tertiary alicyclic amines) is 1. The van der Waals surface area contributed by atoms with Gasteiger partial charge < -0.3 is 10.2 Å². The maximum Gasteiger partial charge on any atom is 0.322 e. The number of nitrogens with zero attached hydrogens (tertiary/aromatic N) is 2. The van der Waals surface area contributed by atoms with Gasteiger partial charge in [-0.3, -0.25) is 9.69 Å². The molecule has 4 rings (SSSR count). The third-order valence-electron chi connectivity index (χ3n) is 5.37. The molecule has 0 aromatic heterocycles. The van der Waals surface area contributed by atoms with Crippen molar-refractivity contribution in [2.75, 3.05) is 18.0 Å². The lowest BCUT2D eigenvalue weighted by Gasteiger charge is -2.26. The van der Waals surface area contributed by atoms with Crippen LogP contribution in [0.1, 0.15) is 30.5 Å². The second-order valence-corrected chi connectivity index (χ2v) is 7.01. The van der Waals surface area contributed by atoms with Crippen LogP contribution in [0.2, 0.25) is 0 Å². The number of benzene rings is 2. The number of rotatable bonds is 3. The van der Waals surface area contributed by atoms with Crippen molar-refractivity contribution in [3.8, 4) is 0 Å². The summed E-state index contributed by atoms with van der Waals surface area (Å²) in [6, 6.07) is 17.7. The molecular weight excluding hydrogens is 326 g/mol. The van der Waals surface area contributed by atoms with E-state index < -0.39 is 0 Å². The van der Waals surface area contributed by atoms with Gasteiger partial charge in [0.05, 0.1) is 12.1 Å². The van der Waals surface area contributed by atoms with Gasteiger partial charge in [-0.2, -0.15) is 0 Å². The van der Waals surface area contributed by atoms with Crippen LogP contribution in [0.4, 0.5) is 10.5 Å². The van der Waals surface area contributed by atoms with Crippen molar-refractivity contribution in [1.82, 2.24) is 10.2 Å². The Labute approximate surface area is 153 Å². The number of para-hydroxylation sites is 1. The SMILES string of the molecule is CC(c1ccccc1)N1CC(NC(=O)N2CCc3ccccc32)CC1=O. The summed E-state index contributed by atoms with van der Waals surface area (Å²) >= 11 is 0. The standard InChI is InChI=1S/C21H23N3O2/c1-15(16-7-3-2-4-8-16)24-14-18(13-20(24)25)22-21(26)23-12-11-17-9-5-6-10-19(17)23/h2-10,15,18H,11-14H2,1H3,(H,22,26). The molecular formula is C21H23N3O2. The summed E-state index contributed by atoms with van der Waals surface area (Å²) in [5.41, 5.74) is 3.29. The molecule has 2 aromatic carbocycles. The van der Waals surface area contributed by atoms with Crippen LogP contribution in [0.25, 0.3) is 0 Å². The fourth-order valence-corrected chi connectivity index (χ4v) is 3.92. The predicted molar refractivity (Wildman–Crippen MR) is 101 cm³/mol. The second kappa shape index (κ2) is 6.83. The summed E-state index contributed by atoms with van der Waals surface area (Å²) in [5, 5.41) is 3.05. The van der Waals surface area contributed by atoms with Gasteiger partial charge in [0.2, 0.25) is 5.91 Å². The Morgan fingerprint density at radius 1 is 1.12 bits per heavy atom. The van der Waals surface area contributed by atoms with Crippen molar-refractivity contribution in [3.05, 3.63) is 65.7 Å². The van der Waals surface area contributed by atoms with Crippen molar-refractivity contribution in [2.24, 2.45) is 0 Å². The molecule has 1 saturated heterocycles. The molecule has 2 heterocycles. The number of urea groups is 1. The molecule has 0 spiro atoms. The largest absolute Gasteiger partial charge is 0.334 e. The van der Waals surface area contributed by atoms with E-state index in [9.17, 15) is 9.59 Å². The van der Waals surface area contributed by atoms with Crippen molar-refractivity contribution in [2.45, 2.75) is 31.8 Å². The molecule has 2 atom stereocenters. The number of hydrogen-bond donors (Lipinski definition) is 1. The Bertz CT molecular complexity index is 821. The zero-order valence-electron chi connectivity index (χ0n) is 14.9. The zero-order valence-corrected chi connectivity index (χ0v) is 14.9. The van der Waals surface area contributed by atoms with Crippen LogP contribution >= 0.6 is 0 Å². The molecule has 2 aromatic rings. The lowest BCUT2D eigenvalue weighted by molar-refractivity contribution is -0.129. The zero-order chi connectivity index (χ0) is 18.1. The Morgan fingerprint density at radius 3 is 2.65 bits per heavy atom. The third-order valence-corrected chi connectivity index (χ3v) is 5.37. The normalized spacial score (nSPS) is 20.2. The minimum Gasteiger partial charge on any atom is -0.334 e. The van der Waals surface area contributed by atoms with E-state index in [0.29, 0.717) is 19.5 Å². The Hall–Kier alpha value is -2.82. The maximum atomic E-state index is 12.7. The van der Waals surface area contributed by atoms with E-state index in [1.54, 1.807) is 4.90 Å². The van der Waals surface area contributed by atoms with Gasteiger partial charge in [-0.1, -0.05) is 48.5 Å². The summed E-state index contributed by atoms with van der Waals surface area (Å²) in [6.07, 6.45) is 1.24. The molecule has 5 nitrogen and oxygen atoms in total. The highest BCUT2D eigenvalue weighted by atomic mass is 16.2. The highest BCUT2D eigenvalue weighted by Crippen LogP contribution is 2.29. The number of carbonyl (C=O) groups excluding carboxylic acids is 2. The van der Waals surface area contributed by atoms with Gasteiger partial charge in [-0.25, -0.2) is 4.79 Å². The van der Waals surface area contributed by atoms with Gasteiger partial charge in [0, 0.05) is 25.2 Å². The lowest BCUT2D eigenvalue weighted by atomic mass is 10.1. The number of anilines is 1. The van der Waals surface area contributed by atoms with E-state index in [4.69, 9.17) is 0 Å². The van der Waals surface area contributed by atoms with E-state index in [0.717, 1.165) is 17.7 Å². The minimum absolute atomic E-state index is 0.0121. The molecule has 0 radical (unpaired) electrons. The highest BCUT2D eigenvalue weighted by Gasteiger charge is 2.35. The summed E-state index contributed by atoms with van der Waals surface area (Å²) in [4.78, 5) is 28.8. The van der Waals surface area contributed by atoms with Gasteiger partial charge >= 0.3 is 6.03 Å². The van der Waals surface area contributed by atoms with Gasteiger partial charge in [0.25, 0.3) is 0 Å². The molecule has 1 N–H and O–H groups in total. The molecule has 2 aliphatic heterocycles. The average molecular weight is 349 g/mol. The number of hydrogen-bond acceptors (Lipinski definition) is 2. The van der Waals surface area contributed by atoms with Crippen LogP contribution in [-0.2, 0) is 11.2 Å². The first-order valence-corrected chi connectivity index (χ1v) is 9.14. The van der Waals surface area contributed by atoms with E-state index >= 15 is 0 Å². The van der Waals surface area contributed by atoms with Gasteiger partial charge in [-0.05, 0) is 30.5 Å². The summed E-state index contributed by atoms with van der Waals surface area (Å²) in [7, 11) is 0. The smallest absolute Gasteiger partial charge is 0.322 e. The topological polar surface area (TPSA) is 52.7 Å². The van der Waals surface area contributed by atoms with Gasteiger partial charge in [-0.15, -0.1) is 0 Å². The van der Waals surface area contributed by atoms with Crippen molar-refractivity contribution in [1.29, 1.82) is 0 Å². The van der Waals surface area contributed by atoms with Crippen LogP contribution in [0.5, 0.6) is 0 Å². The molecule has 5 heteroatoms. The van der Waals surface area contributed by atoms with Crippen LogP contribution in [0.15, 0.2) is 54.6 Å². The molecule has 1 fully saturated rings. The molecule has 2 unspecified atom stereocenters.